The lowest BCUT2D eigenvalue weighted by Crippen LogP contribution is -2.31. The molecule has 1 aromatic heterocycles. The maximum atomic E-state index is 11.4. The van der Waals surface area contributed by atoms with Crippen LogP contribution >= 0.6 is 0 Å². The van der Waals surface area contributed by atoms with E-state index in [0.717, 1.165) is 5.69 Å². The third-order valence-electron chi connectivity index (χ3n) is 2.15. The number of rotatable bonds is 3. The van der Waals surface area contributed by atoms with Gasteiger partial charge < -0.3 is 10.1 Å². The molecule has 2 heterocycles. The Morgan fingerprint density at radius 2 is 2.57 bits per heavy atom. The zero-order valence-corrected chi connectivity index (χ0v) is 8.04. The number of anilines is 1. The van der Waals surface area contributed by atoms with Crippen molar-refractivity contribution in [3.63, 3.8) is 0 Å². The molecule has 1 saturated heterocycles. The van der Waals surface area contributed by atoms with E-state index in [2.05, 4.69) is 15.5 Å². The van der Waals surface area contributed by atoms with E-state index in [-0.39, 0.29) is 5.91 Å². The van der Waals surface area contributed by atoms with Gasteiger partial charge in [-0.1, -0.05) is 0 Å². The predicted molar refractivity (Wildman–Crippen MR) is 50.9 cm³/mol. The molecule has 1 aromatic rings. The van der Waals surface area contributed by atoms with Crippen LogP contribution in [0.25, 0.3) is 0 Å². The van der Waals surface area contributed by atoms with Crippen LogP contribution in [0.1, 0.15) is 12.1 Å². The van der Waals surface area contributed by atoms with E-state index in [4.69, 9.17) is 4.74 Å². The van der Waals surface area contributed by atoms with Gasteiger partial charge in [-0.25, -0.2) is 0 Å². The average molecular weight is 195 g/mol. The second-order valence-corrected chi connectivity index (χ2v) is 3.59. The first-order valence-corrected chi connectivity index (χ1v) is 4.63. The molecule has 76 valence electrons. The standard InChI is InChI=1S/C9H13N3O2/c1-6-2-8(12-11-6)10-9(13)3-7-4-14-5-7/h2,7H,3-5H2,1H3,(H2,10,11,12,13). The van der Waals surface area contributed by atoms with E-state index in [0.29, 0.717) is 31.4 Å². The lowest BCUT2D eigenvalue weighted by atomic mass is 10.0. The molecule has 1 fully saturated rings. The molecule has 0 unspecified atom stereocenters. The number of aryl methyl sites for hydroxylation is 1. The number of ether oxygens (including phenoxy) is 1. The minimum absolute atomic E-state index is 0.00444. The van der Waals surface area contributed by atoms with Crippen LogP contribution in [0, 0.1) is 12.8 Å². The van der Waals surface area contributed by atoms with E-state index in [1.54, 1.807) is 6.07 Å². The van der Waals surface area contributed by atoms with Gasteiger partial charge in [0.25, 0.3) is 0 Å². The Bertz CT molecular complexity index is 331. The molecule has 0 spiro atoms. The average Bonchev–Trinajstić information content (AvgIpc) is 2.44. The fourth-order valence-electron chi connectivity index (χ4n) is 1.34. The SMILES string of the molecule is Cc1cc(NC(=O)CC2COC2)n[nH]1. The Morgan fingerprint density at radius 3 is 3.07 bits per heavy atom. The van der Waals surface area contributed by atoms with Crippen LogP contribution in [0.2, 0.25) is 0 Å². The molecule has 0 atom stereocenters. The van der Waals surface area contributed by atoms with E-state index >= 15 is 0 Å². The molecule has 5 heteroatoms. The molecule has 14 heavy (non-hydrogen) atoms. The Morgan fingerprint density at radius 1 is 1.79 bits per heavy atom. The summed E-state index contributed by atoms with van der Waals surface area (Å²) >= 11 is 0. The lowest BCUT2D eigenvalue weighted by Gasteiger charge is -2.24. The van der Waals surface area contributed by atoms with Gasteiger partial charge >= 0.3 is 0 Å². The molecule has 2 rings (SSSR count). The number of amides is 1. The molecule has 0 bridgehead atoms. The zero-order valence-electron chi connectivity index (χ0n) is 8.04. The Balaban J connectivity index is 1.81. The predicted octanol–water partition coefficient (Wildman–Crippen LogP) is 0.693. The molecule has 1 aliphatic rings. The molecule has 0 aliphatic carbocycles. The number of H-pyrrole nitrogens is 1. The number of carbonyl (C=O) groups excluding carboxylic acids is 1. The minimum atomic E-state index is 0.00444. The van der Waals surface area contributed by atoms with Crippen molar-refractivity contribution in [2.45, 2.75) is 13.3 Å². The van der Waals surface area contributed by atoms with Crippen LogP contribution in [-0.2, 0) is 9.53 Å². The van der Waals surface area contributed by atoms with Gasteiger partial charge in [-0.15, -0.1) is 0 Å². The van der Waals surface area contributed by atoms with Gasteiger partial charge in [0.2, 0.25) is 5.91 Å². The summed E-state index contributed by atoms with van der Waals surface area (Å²) in [6, 6.07) is 1.80. The second-order valence-electron chi connectivity index (χ2n) is 3.59. The number of aromatic nitrogens is 2. The van der Waals surface area contributed by atoms with Crippen LogP contribution in [0.3, 0.4) is 0 Å². The van der Waals surface area contributed by atoms with Crippen LogP contribution < -0.4 is 5.32 Å². The van der Waals surface area contributed by atoms with E-state index in [1.165, 1.54) is 0 Å². The van der Waals surface area contributed by atoms with Crippen molar-refractivity contribution in [1.82, 2.24) is 10.2 Å². The smallest absolute Gasteiger partial charge is 0.226 e. The zero-order chi connectivity index (χ0) is 9.97. The summed E-state index contributed by atoms with van der Waals surface area (Å²) in [7, 11) is 0. The molecule has 0 aromatic carbocycles. The van der Waals surface area contributed by atoms with Crippen molar-refractivity contribution in [3.8, 4) is 0 Å². The van der Waals surface area contributed by atoms with Gasteiger partial charge in [-0.3, -0.25) is 9.89 Å². The molecular weight excluding hydrogens is 182 g/mol. The van der Waals surface area contributed by atoms with Crippen LogP contribution in [0.4, 0.5) is 5.82 Å². The summed E-state index contributed by atoms with van der Waals surface area (Å²) in [5, 5.41) is 9.41. The highest BCUT2D eigenvalue weighted by atomic mass is 16.5. The van der Waals surface area contributed by atoms with Crippen LogP contribution in [0.15, 0.2) is 6.07 Å². The Hall–Kier alpha value is -1.36. The number of nitrogens with zero attached hydrogens (tertiary/aromatic N) is 1. The van der Waals surface area contributed by atoms with Gasteiger partial charge in [-0.2, -0.15) is 5.10 Å². The fraction of sp³-hybridized carbons (Fsp3) is 0.556. The normalized spacial score (nSPS) is 16.4. The minimum Gasteiger partial charge on any atom is -0.381 e. The highest BCUT2D eigenvalue weighted by Gasteiger charge is 2.21. The van der Waals surface area contributed by atoms with Crippen molar-refractivity contribution >= 4 is 11.7 Å². The largest absolute Gasteiger partial charge is 0.381 e. The Labute approximate surface area is 81.8 Å². The molecule has 1 amide bonds. The van der Waals surface area contributed by atoms with Gasteiger partial charge in [0, 0.05) is 24.1 Å². The first-order valence-electron chi connectivity index (χ1n) is 4.63. The van der Waals surface area contributed by atoms with Gasteiger partial charge in [-0.05, 0) is 6.92 Å². The molecule has 1 aliphatic heterocycles. The maximum absolute atomic E-state index is 11.4. The monoisotopic (exact) mass is 195 g/mol. The number of carbonyl (C=O) groups is 1. The van der Waals surface area contributed by atoms with Gasteiger partial charge in [0.15, 0.2) is 5.82 Å². The molecule has 2 N–H and O–H groups in total. The third-order valence-corrected chi connectivity index (χ3v) is 2.15. The summed E-state index contributed by atoms with van der Waals surface area (Å²) in [6.07, 6.45) is 0.520. The second kappa shape index (κ2) is 3.79. The van der Waals surface area contributed by atoms with Crippen molar-refractivity contribution in [3.05, 3.63) is 11.8 Å². The molecular formula is C9H13N3O2. The van der Waals surface area contributed by atoms with Gasteiger partial charge in [0.1, 0.15) is 0 Å². The van der Waals surface area contributed by atoms with Crippen molar-refractivity contribution in [2.75, 3.05) is 18.5 Å². The highest BCUT2D eigenvalue weighted by Crippen LogP contribution is 2.15. The third kappa shape index (κ3) is 2.11. The number of hydrogen-bond donors (Lipinski definition) is 2. The summed E-state index contributed by atoms with van der Waals surface area (Å²) < 4.78 is 4.99. The number of nitrogens with one attached hydrogen (secondary N) is 2. The van der Waals surface area contributed by atoms with Crippen molar-refractivity contribution in [2.24, 2.45) is 5.92 Å². The summed E-state index contributed by atoms with van der Waals surface area (Å²) in [5.74, 6) is 0.979. The summed E-state index contributed by atoms with van der Waals surface area (Å²) in [5.41, 5.74) is 0.937. The van der Waals surface area contributed by atoms with E-state index in [1.807, 2.05) is 6.92 Å². The van der Waals surface area contributed by atoms with Crippen molar-refractivity contribution in [1.29, 1.82) is 0 Å². The first-order chi connectivity index (χ1) is 6.74. The van der Waals surface area contributed by atoms with Gasteiger partial charge in [0.05, 0.1) is 13.2 Å². The van der Waals surface area contributed by atoms with Crippen LogP contribution in [-0.4, -0.2) is 29.3 Å². The molecule has 0 saturated carbocycles. The van der Waals surface area contributed by atoms with Crippen LogP contribution in [0.5, 0.6) is 0 Å². The molecule has 5 nitrogen and oxygen atoms in total. The number of aromatic amines is 1. The number of hydrogen-bond acceptors (Lipinski definition) is 3. The lowest BCUT2D eigenvalue weighted by molar-refractivity contribution is -0.121. The summed E-state index contributed by atoms with van der Waals surface area (Å²) in [6.45, 7) is 3.29. The maximum Gasteiger partial charge on any atom is 0.226 e. The quantitative estimate of drug-likeness (QED) is 0.745. The summed E-state index contributed by atoms with van der Waals surface area (Å²) in [4.78, 5) is 11.4. The topological polar surface area (TPSA) is 67.0 Å². The van der Waals surface area contributed by atoms with E-state index < -0.39 is 0 Å². The highest BCUT2D eigenvalue weighted by molar-refractivity contribution is 5.89. The van der Waals surface area contributed by atoms with Crippen molar-refractivity contribution < 1.29 is 9.53 Å². The first kappa shape index (κ1) is 9.21. The fourth-order valence-corrected chi connectivity index (χ4v) is 1.34. The molecule has 0 radical (unpaired) electrons. The Kier molecular flexibility index (Phi) is 2.49. The van der Waals surface area contributed by atoms with E-state index in [9.17, 15) is 4.79 Å².